The van der Waals surface area contributed by atoms with Gasteiger partial charge in [-0.25, -0.2) is 0 Å². The zero-order valence-corrected chi connectivity index (χ0v) is 36.8. The summed E-state index contributed by atoms with van der Waals surface area (Å²) in [6.07, 6.45) is 43.8. The molecule has 1 fully saturated rings. The van der Waals surface area contributed by atoms with E-state index >= 15 is 0 Å². The highest BCUT2D eigenvalue weighted by Crippen LogP contribution is 2.22. The number of allylic oxidation sites excluding steroid dienone is 10. The smallest absolute Gasteiger partial charge is 0.306 e. The standard InChI is InChI=1S/C49H86O9/c1-3-5-7-9-11-13-15-17-19-20-21-22-23-24-25-26-28-30-32-34-36-38-45(51)57-43(42-56-49-48(54)47(53)46(52)44(40-50)58-49)41-55-39-37-35-33-31-29-27-18-16-14-12-10-8-6-4-2/h5,7,11,13,17,19,21-22,24-25,43-44,46-50,52-54H,3-4,6,8-10,12,14-16,18,20,23,26-42H2,1-2H3/b7-5-,13-11-,19-17-,22-21-,25-24-. The van der Waals surface area contributed by atoms with E-state index in [2.05, 4.69) is 74.6 Å². The lowest BCUT2D eigenvalue weighted by atomic mass is 9.99. The first-order chi connectivity index (χ1) is 28.4. The number of hydrogen-bond donors (Lipinski definition) is 4. The lowest BCUT2D eigenvalue weighted by molar-refractivity contribution is -0.305. The van der Waals surface area contributed by atoms with Gasteiger partial charge in [-0.1, -0.05) is 177 Å². The predicted octanol–water partition coefficient (Wildman–Crippen LogP) is 10.7. The maximum Gasteiger partial charge on any atom is 0.306 e. The van der Waals surface area contributed by atoms with Crippen LogP contribution in [-0.4, -0.2) is 89.6 Å². The fourth-order valence-electron chi connectivity index (χ4n) is 6.81. The Morgan fingerprint density at radius 2 is 1.05 bits per heavy atom. The Labute approximate surface area is 354 Å². The maximum absolute atomic E-state index is 12.8. The molecule has 6 atom stereocenters. The van der Waals surface area contributed by atoms with Crippen molar-refractivity contribution in [3.63, 3.8) is 0 Å². The van der Waals surface area contributed by atoms with Crippen molar-refractivity contribution in [1.29, 1.82) is 0 Å². The van der Waals surface area contributed by atoms with E-state index in [4.69, 9.17) is 18.9 Å². The molecule has 0 radical (unpaired) electrons. The van der Waals surface area contributed by atoms with Crippen molar-refractivity contribution in [3.8, 4) is 0 Å². The van der Waals surface area contributed by atoms with E-state index in [-0.39, 0.29) is 19.2 Å². The summed E-state index contributed by atoms with van der Waals surface area (Å²) < 4.78 is 22.8. The van der Waals surface area contributed by atoms with E-state index in [1.807, 2.05) is 0 Å². The van der Waals surface area contributed by atoms with E-state index in [0.29, 0.717) is 13.0 Å². The first-order valence-corrected chi connectivity index (χ1v) is 23.4. The van der Waals surface area contributed by atoms with Crippen LogP contribution in [-0.2, 0) is 23.7 Å². The van der Waals surface area contributed by atoms with Crippen molar-refractivity contribution in [2.75, 3.05) is 26.4 Å². The van der Waals surface area contributed by atoms with Gasteiger partial charge in [-0.2, -0.15) is 0 Å². The van der Waals surface area contributed by atoms with Crippen LogP contribution in [0, 0.1) is 0 Å². The van der Waals surface area contributed by atoms with Crippen LogP contribution in [0.4, 0.5) is 0 Å². The minimum atomic E-state index is -1.54. The normalized spacial score (nSPS) is 20.8. The molecular formula is C49H86O9. The summed E-state index contributed by atoms with van der Waals surface area (Å²) in [5.41, 5.74) is 0. The first-order valence-electron chi connectivity index (χ1n) is 23.4. The van der Waals surface area contributed by atoms with Gasteiger partial charge in [0.25, 0.3) is 0 Å². The van der Waals surface area contributed by atoms with Gasteiger partial charge in [-0.15, -0.1) is 0 Å². The molecule has 1 aliphatic rings. The predicted molar refractivity (Wildman–Crippen MR) is 238 cm³/mol. The molecule has 1 heterocycles. The number of unbranched alkanes of at least 4 members (excludes halogenated alkanes) is 18. The van der Waals surface area contributed by atoms with Crippen LogP contribution < -0.4 is 0 Å². The molecule has 0 spiro atoms. The van der Waals surface area contributed by atoms with Gasteiger partial charge in [0.1, 0.15) is 30.5 Å². The molecule has 336 valence electrons. The number of hydrogen-bond acceptors (Lipinski definition) is 9. The number of ether oxygens (including phenoxy) is 4. The summed E-state index contributed by atoms with van der Waals surface area (Å²) in [6.45, 7) is 4.43. The Morgan fingerprint density at radius 1 is 0.569 bits per heavy atom. The maximum atomic E-state index is 12.8. The van der Waals surface area contributed by atoms with Gasteiger partial charge < -0.3 is 39.4 Å². The molecule has 0 aliphatic carbocycles. The summed E-state index contributed by atoms with van der Waals surface area (Å²) >= 11 is 0. The summed E-state index contributed by atoms with van der Waals surface area (Å²) in [5.74, 6) is -0.332. The van der Waals surface area contributed by atoms with E-state index in [1.54, 1.807) is 0 Å². The quantitative estimate of drug-likeness (QED) is 0.0272. The van der Waals surface area contributed by atoms with Gasteiger partial charge in [-0.05, 0) is 57.8 Å². The van der Waals surface area contributed by atoms with Gasteiger partial charge in [0.2, 0.25) is 0 Å². The van der Waals surface area contributed by atoms with E-state index < -0.39 is 43.4 Å². The Morgan fingerprint density at radius 3 is 1.59 bits per heavy atom. The monoisotopic (exact) mass is 819 g/mol. The Hall–Kier alpha value is -2.11. The molecule has 6 unspecified atom stereocenters. The zero-order chi connectivity index (χ0) is 42.2. The number of rotatable bonds is 39. The van der Waals surface area contributed by atoms with Crippen molar-refractivity contribution in [2.45, 2.75) is 218 Å². The Kier molecular flexibility index (Phi) is 37.5. The van der Waals surface area contributed by atoms with E-state index in [1.165, 1.54) is 77.0 Å². The second-order valence-electron chi connectivity index (χ2n) is 15.8. The third-order valence-corrected chi connectivity index (χ3v) is 10.4. The number of esters is 1. The molecule has 0 saturated carbocycles. The zero-order valence-electron chi connectivity index (χ0n) is 36.8. The van der Waals surface area contributed by atoms with Crippen LogP contribution >= 0.6 is 0 Å². The van der Waals surface area contributed by atoms with E-state index in [9.17, 15) is 25.2 Å². The summed E-state index contributed by atoms with van der Waals surface area (Å²) in [7, 11) is 0. The topological polar surface area (TPSA) is 135 Å². The fourth-order valence-corrected chi connectivity index (χ4v) is 6.81. The second-order valence-corrected chi connectivity index (χ2v) is 15.8. The van der Waals surface area contributed by atoms with Crippen molar-refractivity contribution >= 4 is 5.97 Å². The first kappa shape index (κ1) is 53.9. The second kappa shape index (κ2) is 40.3. The van der Waals surface area contributed by atoms with Gasteiger partial charge in [0.15, 0.2) is 6.29 Å². The molecule has 0 aromatic heterocycles. The lowest BCUT2D eigenvalue weighted by Gasteiger charge is -2.39. The van der Waals surface area contributed by atoms with Crippen molar-refractivity contribution in [1.82, 2.24) is 0 Å². The molecule has 1 saturated heterocycles. The van der Waals surface area contributed by atoms with Gasteiger partial charge in [0, 0.05) is 13.0 Å². The van der Waals surface area contributed by atoms with Crippen LogP contribution in [0.3, 0.4) is 0 Å². The number of carbonyl (C=O) groups is 1. The average Bonchev–Trinajstić information content (AvgIpc) is 3.22. The van der Waals surface area contributed by atoms with Crippen LogP contribution in [0.5, 0.6) is 0 Å². The molecule has 9 heteroatoms. The Bertz CT molecular complexity index is 1070. The minimum absolute atomic E-state index is 0.122. The molecule has 0 amide bonds. The van der Waals surface area contributed by atoms with Crippen molar-refractivity contribution < 1.29 is 44.2 Å². The van der Waals surface area contributed by atoms with Crippen molar-refractivity contribution in [2.24, 2.45) is 0 Å². The minimum Gasteiger partial charge on any atom is -0.457 e. The Balaban J connectivity index is 2.27. The third kappa shape index (κ3) is 30.9. The fraction of sp³-hybridized carbons (Fsp3) is 0.776. The van der Waals surface area contributed by atoms with Crippen molar-refractivity contribution in [3.05, 3.63) is 60.8 Å². The number of aliphatic hydroxyl groups is 4. The lowest BCUT2D eigenvalue weighted by Crippen LogP contribution is -2.59. The largest absolute Gasteiger partial charge is 0.457 e. The summed E-state index contributed by atoms with van der Waals surface area (Å²) in [4.78, 5) is 12.8. The van der Waals surface area contributed by atoms with E-state index in [0.717, 1.165) is 83.5 Å². The van der Waals surface area contributed by atoms with Crippen LogP contribution in [0.15, 0.2) is 60.8 Å². The molecule has 4 N–H and O–H groups in total. The third-order valence-electron chi connectivity index (χ3n) is 10.4. The SMILES string of the molecule is CC/C=C\C/C=C\C/C=C\C/C=C\C/C=C\CCCCCCCC(=O)OC(COCCCCCCCCCCCCCCCC)COC1OC(CO)C(O)C(O)C1O. The highest BCUT2D eigenvalue weighted by molar-refractivity contribution is 5.69. The molecule has 58 heavy (non-hydrogen) atoms. The molecule has 9 nitrogen and oxygen atoms in total. The van der Waals surface area contributed by atoms with Crippen LogP contribution in [0.2, 0.25) is 0 Å². The van der Waals surface area contributed by atoms with Gasteiger partial charge in [-0.3, -0.25) is 4.79 Å². The van der Waals surface area contributed by atoms with Crippen LogP contribution in [0.1, 0.15) is 181 Å². The molecule has 1 rings (SSSR count). The molecule has 0 aromatic rings. The number of carbonyl (C=O) groups excluding carboxylic acids is 1. The van der Waals surface area contributed by atoms with Gasteiger partial charge >= 0.3 is 5.97 Å². The average molecular weight is 819 g/mol. The summed E-state index contributed by atoms with van der Waals surface area (Å²) in [6, 6.07) is 0. The molecule has 0 aromatic carbocycles. The summed E-state index contributed by atoms with van der Waals surface area (Å²) in [5, 5.41) is 40.1. The highest BCUT2D eigenvalue weighted by Gasteiger charge is 2.44. The molecular weight excluding hydrogens is 733 g/mol. The highest BCUT2D eigenvalue weighted by atomic mass is 16.7. The molecule has 0 bridgehead atoms. The number of aliphatic hydroxyl groups excluding tert-OH is 4. The van der Waals surface area contributed by atoms with Crippen LogP contribution in [0.25, 0.3) is 0 Å². The van der Waals surface area contributed by atoms with Gasteiger partial charge in [0.05, 0.1) is 19.8 Å². The molecule has 1 aliphatic heterocycles.